The van der Waals surface area contributed by atoms with Crippen LogP contribution in [-0.4, -0.2) is 49.8 Å². The van der Waals surface area contributed by atoms with Crippen LogP contribution in [0.2, 0.25) is 0 Å². The van der Waals surface area contributed by atoms with Crippen molar-refractivity contribution in [3.05, 3.63) is 41.2 Å². The maximum Gasteiger partial charge on any atom is 0.290 e. The third-order valence-corrected chi connectivity index (χ3v) is 3.13. The Morgan fingerprint density at radius 2 is 2.05 bits per heavy atom. The molecule has 0 fully saturated rings. The van der Waals surface area contributed by atoms with Crippen LogP contribution < -0.4 is 0 Å². The first-order valence-electron chi connectivity index (χ1n) is 6.78. The molecule has 1 N–H and O–H groups in total. The van der Waals surface area contributed by atoms with Crippen molar-refractivity contribution in [3.8, 4) is 11.8 Å². The van der Waals surface area contributed by atoms with Gasteiger partial charge >= 0.3 is 0 Å². The number of carboxylic acid groups (broad SMARTS) is 1. The number of likely N-dealkylation sites (N-methyl/N-ethyl adjacent to an activating group) is 1. The Morgan fingerprint density at radius 3 is 2.77 bits per heavy atom. The molecule has 0 unspecified atom stereocenters. The van der Waals surface area contributed by atoms with Gasteiger partial charge in [-0.15, -0.1) is 10.2 Å². The van der Waals surface area contributed by atoms with Gasteiger partial charge in [0.15, 0.2) is 0 Å². The highest BCUT2D eigenvalue weighted by Gasteiger charge is 2.17. The fraction of sp³-hybridized carbons (Fsp3) is 0.333. The van der Waals surface area contributed by atoms with Gasteiger partial charge in [-0.05, 0) is 37.9 Å². The first kappa shape index (κ1) is 15.7. The van der Waals surface area contributed by atoms with Crippen LogP contribution in [0.25, 0.3) is 0 Å². The Bertz CT molecular complexity index is 714. The fourth-order valence-corrected chi connectivity index (χ4v) is 2.10. The van der Waals surface area contributed by atoms with Gasteiger partial charge in [0.1, 0.15) is 11.5 Å². The zero-order valence-corrected chi connectivity index (χ0v) is 12.5. The van der Waals surface area contributed by atoms with Crippen LogP contribution >= 0.6 is 0 Å². The predicted molar refractivity (Wildman–Crippen MR) is 80.0 cm³/mol. The number of hydrogen-bond acceptors (Lipinski definition) is 5. The van der Waals surface area contributed by atoms with Crippen molar-refractivity contribution < 1.29 is 9.90 Å². The molecule has 114 valence electrons. The van der Waals surface area contributed by atoms with Gasteiger partial charge < -0.3 is 9.67 Å². The van der Waals surface area contributed by atoms with E-state index in [1.165, 1.54) is 0 Å². The molecule has 7 nitrogen and oxygen atoms in total. The second-order valence-electron chi connectivity index (χ2n) is 4.85. The van der Waals surface area contributed by atoms with E-state index in [-0.39, 0.29) is 6.47 Å². The van der Waals surface area contributed by atoms with Gasteiger partial charge in [0.25, 0.3) is 6.47 Å². The molecule has 0 spiro atoms. The van der Waals surface area contributed by atoms with Crippen LogP contribution in [0, 0.1) is 18.8 Å². The molecule has 0 amide bonds. The van der Waals surface area contributed by atoms with E-state index in [2.05, 4.69) is 43.5 Å². The minimum atomic E-state index is -0.250. The highest BCUT2D eigenvalue weighted by molar-refractivity contribution is 5.34. The van der Waals surface area contributed by atoms with Crippen LogP contribution in [0.3, 0.4) is 0 Å². The highest BCUT2D eigenvalue weighted by Crippen LogP contribution is 2.09. The Hall–Kier alpha value is -2.72. The largest absolute Gasteiger partial charge is 0.483 e. The molecular formula is C15H17N5O2. The molecule has 3 rings (SSSR count). The van der Waals surface area contributed by atoms with Crippen molar-refractivity contribution in [1.29, 1.82) is 0 Å². The lowest BCUT2D eigenvalue weighted by molar-refractivity contribution is -0.122. The smallest absolute Gasteiger partial charge is 0.290 e. The summed E-state index contributed by atoms with van der Waals surface area (Å²) >= 11 is 0. The molecule has 22 heavy (non-hydrogen) atoms. The van der Waals surface area contributed by atoms with E-state index >= 15 is 0 Å². The Balaban J connectivity index is 0.000000545. The Labute approximate surface area is 128 Å². The molecule has 2 aromatic heterocycles. The number of nitrogens with zero attached hydrogens (tertiary/aromatic N) is 5. The molecule has 0 atom stereocenters. The van der Waals surface area contributed by atoms with Crippen molar-refractivity contribution >= 4 is 6.47 Å². The second-order valence-corrected chi connectivity index (χ2v) is 4.85. The van der Waals surface area contributed by atoms with Crippen molar-refractivity contribution in [3.63, 3.8) is 0 Å². The highest BCUT2D eigenvalue weighted by atomic mass is 16.3. The predicted octanol–water partition coefficient (Wildman–Crippen LogP) is 0.528. The molecule has 7 heteroatoms. The summed E-state index contributed by atoms with van der Waals surface area (Å²) in [6.07, 6.45) is 0. The second kappa shape index (κ2) is 7.33. The number of pyridine rings is 1. The third kappa shape index (κ3) is 3.90. The van der Waals surface area contributed by atoms with Crippen LogP contribution in [-0.2, 0) is 17.9 Å². The van der Waals surface area contributed by atoms with E-state index in [9.17, 15) is 0 Å². The summed E-state index contributed by atoms with van der Waals surface area (Å²) in [4.78, 5) is 14.9. The number of carbonyl (C=O) groups is 1. The number of rotatable bonds is 0. The summed E-state index contributed by atoms with van der Waals surface area (Å²) in [6, 6.07) is 5.82. The van der Waals surface area contributed by atoms with Crippen LogP contribution in [0.5, 0.6) is 0 Å². The van der Waals surface area contributed by atoms with Crippen molar-refractivity contribution in [1.82, 2.24) is 24.6 Å². The number of aromatic nitrogens is 4. The van der Waals surface area contributed by atoms with Crippen molar-refractivity contribution in [2.75, 3.05) is 13.6 Å². The van der Waals surface area contributed by atoms with Gasteiger partial charge in [0.2, 0.25) is 5.82 Å². The maximum atomic E-state index is 8.36. The minimum absolute atomic E-state index is 0.250. The normalized spacial score (nSPS) is 13.2. The molecule has 0 aromatic carbocycles. The van der Waals surface area contributed by atoms with Crippen molar-refractivity contribution in [2.24, 2.45) is 0 Å². The molecule has 0 bridgehead atoms. The summed E-state index contributed by atoms with van der Waals surface area (Å²) in [5.74, 6) is 7.83. The molecule has 0 saturated heterocycles. The van der Waals surface area contributed by atoms with E-state index in [4.69, 9.17) is 9.90 Å². The van der Waals surface area contributed by atoms with Crippen LogP contribution in [0.1, 0.15) is 23.0 Å². The quantitative estimate of drug-likeness (QED) is 0.564. The molecule has 1 aliphatic rings. The van der Waals surface area contributed by atoms with Crippen LogP contribution in [0.4, 0.5) is 0 Å². The van der Waals surface area contributed by atoms with E-state index in [1.54, 1.807) is 0 Å². The van der Waals surface area contributed by atoms with E-state index in [0.29, 0.717) is 0 Å². The van der Waals surface area contributed by atoms with Gasteiger partial charge in [-0.1, -0.05) is 6.07 Å². The minimum Gasteiger partial charge on any atom is -0.483 e. The number of fused-ring (bicyclic) bond motifs is 1. The van der Waals surface area contributed by atoms with Gasteiger partial charge in [-0.2, -0.15) is 0 Å². The van der Waals surface area contributed by atoms with Gasteiger partial charge in [0.05, 0.1) is 6.54 Å². The molecule has 2 aromatic rings. The summed E-state index contributed by atoms with van der Waals surface area (Å²) in [5.41, 5.74) is 1.74. The zero-order chi connectivity index (χ0) is 15.9. The monoisotopic (exact) mass is 299 g/mol. The first-order chi connectivity index (χ1) is 10.6. The van der Waals surface area contributed by atoms with E-state index in [1.807, 2.05) is 25.1 Å². The average molecular weight is 299 g/mol. The average Bonchev–Trinajstić information content (AvgIpc) is 2.88. The summed E-state index contributed by atoms with van der Waals surface area (Å²) in [6.45, 7) is 4.43. The summed E-state index contributed by atoms with van der Waals surface area (Å²) < 4.78 is 2.09. The Morgan fingerprint density at radius 1 is 1.27 bits per heavy atom. The fourth-order valence-electron chi connectivity index (χ4n) is 2.10. The lowest BCUT2D eigenvalue weighted by Gasteiger charge is -2.22. The van der Waals surface area contributed by atoms with Gasteiger partial charge in [0, 0.05) is 18.8 Å². The third-order valence-electron chi connectivity index (χ3n) is 3.13. The maximum absolute atomic E-state index is 8.36. The zero-order valence-electron chi connectivity index (χ0n) is 12.5. The SMILES string of the molecule is Cc1cccc(C#Cc2nnc3n2CCN(C)C3)n1.O=CO. The van der Waals surface area contributed by atoms with Crippen molar-refractivity contribution in [2.45, 2.75) is 20.0 Å². The summed E-state index contributed by atoms with van der Waals surface area (Å²) in [7, 11) is 2.08. The molecule has 0 radical (unpaired) electrons. The lowest BCUT2D eigenvalue weighted by atomic mass is 10.3. The number of hydrogen-bond donors (Lipinski definition) is 1. The molecule has 0 aliphatic carbocycles. The van der Waals surface area contributed by atoms with E-state index in [0.717, 1.165) is 42.7 Å². The molecular weight excluding hydrogens is 282 g/mol. The standard InChI is InChI=1S/C14H15N5.CH2O2/c1-11-4-3-5-12(15-11)6-7-13-16-17-14-10-18(2)8-9-19(13)14;2-1-3/h3-5H,8-10H2,1-2H3;1H,(H,2,3). The van der Waals surface area contributed by atoms with Crippen LogP contribution in [0.15, 0.2) is 18.2 Å². The number of aryl methyl sites for hydroxylation is 1. The van der Waals surface area contributed by atoms with Gasteiger partial charge in [-0.25, -0.2) is 4.98 Å². The Kier molecular flexibility index (Phi) is 5.22. The molecule has 3 heterocycles. The summed E-state index contributed by atoms with van der Waals surface area (Å²) in [5, 5.41) is 15.2. The first-order valence-corrected chi connectivity index (χ1v) is 6.78. The molecule has 0 saturated carbocycles. The van der Waals surface area contributed by atoms with Gasteiger partial charge in [-0.3, -0.25) is 9.69 Å². The van der Waals surface area contributed by atoms with E-state index < -0.39 is 0 Å². The molecule has 1 aliphatic heterocycles. The lowest BCUT2D eigenvalue weighted by Crippen LogP contribution is -2.30. The topological polar surface area (TPSA) is 84.1 Å².